The van der Waals surface area contributed by atoms with Crippen LogP contribution in [0.1, 0.15) is 12.0 Å². The number of benzene rings is 2. The molecule has 1 aliphatic rings. The van der Waals surface area contributed by atoms with Gasteiger partial charge in [-0.2, -0.15) is 0 Å². The maximum Gasteiger partial charge on any atom is 0.256 e. The number of nitrogens with zero attached hydrogens (tertiary/aromatic N) is 1. The van der Waals surface area contributed by atoms with E-state index >= 15 is 0 Å². The molecule has 0 aromatic heterocycles. The first kappa shape index (κ1) is 15.1. The molecule has 0 unspecified atom stereocenters. The van der Waals surface area contributed by atoms with E-state index in [-0.39, 0.29) is 12.1 Å². The summed E-state index contributed by atoms with van der Waals surface area (Å²) in [7, 11) is 0. The number of nitrogens with one attached hydrogen (secondary N) is 1. The minimum Gasteiger partial charge on any atom is -0.373 e. The molecule has 4 nitrogen and oxygen atoms in total. The topological polar surface area (TPSA) is 49.4 Å². The number of imide groups is 1. The van der Waals surface area contributed by atoms with E-state index in [9.17, 15) is 18.4 Å². The lowest BCUT2D eigenvalue weighted by Crippen LogP contribution is -2.35. The monoisotopic (exact) mass is 316 g/mol. The van der Waals surface area contributed by atoms with E-state index in [1.54, 1.807) is 6.07 Å². The number of hydrogen-bond donors (Lipinski definition) is 1. The van der Waals surface area contributed by atoms with Crippen LogP contribution in [-0.4, -0.2) is 17.9 Å². The number of anilines is 2. The average Bonchev–Trinajstić information content (AvgIpc) is 2.74. The van der Waals surface area contributed by atoms with Gasteiger partial charge in [-0.3, -0.25) is 9.59 Å². The lowest BCUT2D eigenvalue weighted by Gasteiger charge is -2.17. The standard InChI is InChI=1S/C17H14F2N2O2/c1-10-3-2-4-12(7-10)20-14-9-16(22)21(17(14)23)15-6-5-11(18)8-13(15)19/h2-8,14,20H,9H2,1H3/t14-/m0/s1. The van der Waals surface area contributed by atoms with Gasteiger partial charge in [-0.15, -0.1) is 0 Å². The first-order valence-electron chi connectivity index (χ1n) is 7.11. The maximum atomic E-state index is 13.8. The molecular formula is C17H14F2N2O2. The summed E-state index contributed by atoms with van der Waals surface area (Å²) in [5.74, 6) is -2.78. The fourth-order valence-electron chi connectivity index (χ4n) is 2.60. The van der Waals surface area contributed by atoms with Gasteiger partial charge < -0.3 is 5.32 Å². The third kappa shape index (κ3) is 2.92. The van der Waals surface area contributed by atoms with Crippen LogP contribution in [0.3, 0.4) is 0 Å². The summed E-state index contributed by atoms with van der Waals surface area (Å²) in [4.78, 5) is 25.3. The molecule has 2 amide bonds. The van der Waals surface area contributed by atoms with Crippen molar-refractivity contribution in [2.24, 2.45) is 0 Å². The number of halogens is 2. The highest BCUT2D eigenvalue weighted by Crippen LogP contribution is 2.27. The molecule has 2 aromatic rings. The fourth-order valence-corrected chi connectivity index (χ4v) is 2.60. The largest absolute Gasteiger partial charge is 0.373 e. The van der Waals surface area contributed by atoms with Crippen LogP contribution in [0.2, 0.25) is 0 Å². The van der Waals surface area contributed by atoms with Gasteiger partial charge in [0, 0.05) is 11.8 Å². The Morgan fingerprint density at radius 2 is 1.91 bits per heavy atom. The Balaban J connectivity index is 1.85. The van der Waals surface area contributed by atoms with Gasteiger partial charge in [-0.05, 0) is 36.8 Å². The van der Waals surface area contributed by atoms with E-state index in [4.69, 9.17) is 0 Å². The van der Waals surface area contributed by atoms with Crippen LogP contribution in [0, 0.1) is 18.6 Å². The Morgan fingerprint density at radius 1 is 1.13 bits per heavy atom. The third-order valence-electron chi connectivity index (χ3n) is 3.66. The van der Waals surface area contributed by atoms with E-state index in [0.717, 1.165) is 22.6 Å². The summed E-state index contributed by atoms with van der Waals surface area (Å²) in [6.45, 7) is 1.91. The minimum absolute atomic E-state index is 0.0798. The van der Waals surface area contributed by atoms with Crippen molar-refractivity contribution in [3.63, 3.8) is 0 Å². The molecule has 0 radical (unpaired) electrons. The molecule has 1 fully saturated rings. The van der Waals surface area contributed by atoms with Crippen LogP contribution < -0.4 is 10.2 Å². The quantitative estimate of drug-likeness (QED) is 0.886. The number of rotatable bonds is 3. The zero-order chi connectivity index (χ0) is 16.6. The molecule has 1 aliphatic heterocycles. The number of carbonyl (C=O) groups is 2. The molecule has 118 valence electrons. The first-order chi connectivity index (χ1) is 11.0. The molecule has 2 aromatic carbocycles. The van der Waals surface area contributed by atoms with Gasteiger partial charge in [0.1, 0.15) is 17.7 Å². The number of aryl methyl sites for hydroxylation is 1. The van der Waals surface area contributed by atoms with Crippen molar-refractivity contribution in [2.45, 2.75) is 19.4 Å². The smallest absolute Gasteiger partial charge is 0.256 e. The minimum atomic E-state index is -0.942. The molecule has 0 spiro atoms. The van der Waals surface area contributed by atoms with Gasteiger partial charge in [0.05, 0.1) is 12.1 Å². The molecule has 1 saturated heterocycles. The summed E-state index contributed by atoms with van der Waals surface area (Å²) < 4.78 is 26.8. The lowest BCUT2D eigenvalue weighted by molar-refractivity contribution is -0.121. The SMILES string of the molecule is Cc1cccc(N[C@H]2CC(=O)N(c3ccc(F)cc3F)C2=O)c1. The summed E-state index contributed by atoms with van der Waals surface area (Å²) in [5.41, 5.74) is 1.49. The van der Waals surface area contributed by atoms with E-state index < -0.39 is 29.5 Å². The Kier molecular flexibility index (Phi) is 3.82. The summed E-state index contributed by atoms with van der Waals surface area (Å²) in [5, 5.41) is 2.98. The first-order valence-corrected chi connectivity index (χ1v) is 7.11. The summed E-state index contributed by atoms with van der Waals surface area (Å²) in [6.07, 6.45) is -0.0798. The molecule has 1 heterocycles. The van der Waals surface area contributed by atoms with Crippen LogP contribution in [0.25, 0.3) is 0 Å². The molecule has 6 heteroatoms. The Morgan fingerprint density at radius 3 is 2.61 bits per heavy atom. The van der Waals surface area contributed by atoms with Gasteiger partial charge in [0.15, 0.2) is 0 Å². The number of carbonyl (C=O) groups excluding carboxylic acids is 2. The van der Waals surface area contributed by atoms with Gasteiger partial charge in [0.2, 0.25) is 5.91 Å². The Labute approximate surface area is 131 Å². The average molecular weight is 316 g/mol. The number of hydrogen-bond acceptors (Lipinski definition) is 3. The van der Waals surface area contributed by atoms with Crippen molar-refractivity contribution < 1.29 is 18.4 Å². The fraction of sp³-hybridized carbons (Fsp3) is 0.176. The predicted molar refractivity (Wildman–Crippen MR) is 82.1 cm³/mol. The van der Waals surface area contributed by atoms with Crippen molar-refractivity contribution in [3.05, 3.63) is 59.7 Å². The molecule has 0 bridgehead atoms. The zero-order valence-electron chi connectivity index (χ0n) is 12.3. The Bertz CT molecular complexity index is 792. The van der Waals surface area contributed by atoms with Crippen LogP contribution in [-0.2, 0) is 9.59 Å². The van der Waals surface area contributed by atoms with E-state index in [2.05, 4.69) is 5.32 Å². The normalized spacial score (nSPS) is 17.7. The lowest BCUT2D eigenvalue weighted by atomic mass is 10.2. The molecule has 0 aliphatic carbocycles. The van der Waals surface area contributed by atoms with Gasteiger partial charge in [-0.1, -0.05) is 12.1 Å². The van der Waals surface area contributed by atoms with Crippen molar-refractivity contribution in [1.29, 1.82) is 0 Å². The highest BCUT2D eigenvalue weighted by Gasteiger charge is 2.40. The second kappa shape index (κ2) is 5.79. The van der Waals surface area contributed by atoms with Crippen LogP contribution >= 0.6 is 0 Å². The molecule has 1 N–H and O–H groups in total. The molecule has 1 atom stereocenters. The van der Waals surface area contributed by atoms with Crippen molar-refractivity contribution in [1.82, 2.24) is 0 Å². The third-order valence-corrected chi connectivity index (χ3v) is 3.66. The summed E-state index contributed by atoms with van der Waals surface area (Å²) in [6, 6.07) is 9.36. The van der Waals surface area contributed by atoms with Crippen molar-refractivity contribution in [2.75, 3.05) is 10.2 Å². The highest BCUT2D eigenvalue weighted by molar-refractivity contribution is 6.23. The zero-order valence-corrected chi connectivity index (χ0v) is 12.3. The molecule has 3 rings (SSSR count). The van der Waals surface area contributed by atoms with Crippen LogP contribution in [0.4, 0.5) is 20.2 Å². The highest BCUT2D eigenvalue weighted by atomic mass is 19.1. The second-order valence-electron chi connectivity index (χ2n) is 5.43. The van der Waals surface area contributed by atoms with Gasteiger partial charge in [-0.25, -0.2) is 13.7 Å². The summed E-state index contributed by atoms with van der Waals surface area (Å²) >= 11 is 0. The van der Waals surface area contributed by atoms with E-state index in [1.165, 1.54) is 0 Å². The molecular weight excluding hydrogens is 302 g/mol. The van der Waals surface area contributed by atoms with E-state index in [1.807, 2.05) is 25.1 Å². The molecule has 23 heavy (non-hydrogen) atoms. The van der Waals surface area contributed by atoms with Crippen molar-refractivity contribution in [3.8, 4) is 0 Å². The second-order valence-corrected chi connectivity index (χ2v) is 5.43. The van der Waals surface area contributed by atoms with E-state index in [0.29, 0.717) is 11.8 Å². The van der Waals surface area contributed by atoms with Crippen molar-refractivity contribution >= 4 is 23.2 Å². The predicted octanol–water partition coefficient (Wildman–Crippen LogP) is 3.02. The van der Waals surface area contributed by atoms with Gasteiger partial charge >= 0.3 is 0 Å². The Hall–Kier alpha value is -2.76. The molecule has 0 saturated carbocycles. The van der Waals surface area contributed by atoms with Crippen LogP contribution in [0.5, 0.6) is 0 Å². The number of amides is 2. The maximum absolute atomic E-state index is 13.8. The van der Waals surface area contributed by atoms with Crippen LogP contribution in [0.15, 0.2) is 42.5 Å². The van der Waals surface area contributed by atoms with Gasteiger partial charge in [0.25, 0.3) is 5.91 Å².